The number of aryl methyl sites for hydroxylation is 1. The molecule has 24 heavy (non-hydrogen) atoms. The number of carbonyl (C=O) groups excluding carboxylic acids is 1. The standard InChI is InChI=1S/C18H19FN4O/c1-11-17(13-2-4-14(19)5-3-13)18-21-15(10-16(24)23(18)22-11)12-6-8-20-9-7-12/h2-5,12,20H,6-10H2,1H3. The first kappa shape index (κ1) is 15.2. The summed E-state index contributed by atoms with van der Waals surface area (Å²) in [4.78, 5) is 17.3. The van der Waals surface area contributed by atoms with E-state index in [1.807, 2.05) is 6.92 Å². The summed E-state index contributed by atoms with van der Waals surface area (Å²) >= 11 is 0. The Balaban J connectivity index is 1.80. The van der Waals surface area contributed by atoms with E-state index < -0.39 is 0 Å². The highest BCUT2D eigenvalue weighted by molar-refractivity contribution is 6.08. The van der Waals surface area contributed by atoms with Crippen LogP contribution in [0.2, 0.25) is 0 Å². The largest absolute Gasteiger partial charge is 0.317 e. The fourth-order valence-corrected chi connectivity index (χ4v) is 3.54. The number of halogens is 1. The highest BCUT2D eigenvalue weighted by Gasteiger charge is 2.30. The summed E-state index contributed by atoms with van der Waals surface area (Å²) in [7, 11) is 0. The van der Waals surface area contributed by atoms with Crippen LogP contribution in [0.5, 0.6) is 0 Å². The Morgan fingerprint density at radius 2 is 1.92 bits per heavy atom. The van der Waals surface area contributed by atoms with Crippen LogP contribution in [0.25, 0.3) is 11.1 Å². The van der Waals surface area contributed by atoms with Crippen molar-refractivity contribution in [2.45, 2.75) is 26.2 Å². The first-order valence-corrected chi connectivity index (χ1v) is 8.30. The third kappa shape index (κ3) is 2.57. The number of carbonyl (C=O) groups is 1. The molecule has 1 fully saturated rings. The predicted molar refractivity (Wildman–Crippen MR) is 90.3 cm³/mol. The monoisotopic (exact) mass is 326 g/mol. The first-order chi connectivity index (χ1) is 11.6. The van der Waals surface area contributed by atoms with Crippen LogP contribution < -0.4 is 5.32 Å². The van der Waals surface area contributed by atoms with Crippen LogP contribution in [-0.4, -0.2) is 34.5 Å². The molecule has 1 aromatic heterocycles. The second kappa shape index (κ2) is 5.94. The lowest BCUT2D eigenvalue weighted by Gasteiger charge is -2.26. The van der Waals surface area contributed by atoms with Gasteiger partial charge in [0.25, 0.3) is 5.91 Å². The van der Waals surface area contributed by atoms with Crippen molar-refractivity contribution in [1.82, 2.24) is 15.1 Å². The molecule has 1 aromatic carbocycles. The van der Waals surface area contributed by atoms with Gasteiger partial charge in [-0.25, -0.2) is 9.38 Å². The Kier molecular flexibility index (Phi) is 3.76. The topological polar surface area (TPSA) is 59.3 Å². The molecule has 0 saturated carbocycles. The minimum absolute atomic E-state index is 0.0370. The second-order valence-electron chi connectivity index (χ2n) is 6.40. The van der Waals surface area contributed by atoms with Crippen LogP contribution in [0.4, 0.5) is 10.2 Å². The average Bonchev–Trinajstić information content (AvgIpc) is 2.93. The zero-order valence-corrected chi connectivity index (χ0v) is 13.6. The van der Waals surface area contributed by atoms with Gasteiger partial charge in [-0.2, -0.15) is 9.78 Å². The number of rotatable bonds is 2. The van der Waals surface area contributed by atoms with E-state index in [0.29, 0.717) is 18.2 Å². The molecule has 0 radical (unpaired) electrons. The highest BCUT2D eigenvalue weighted by atomic mass is 19.1. The molecular weight excluding hydrogens is 307 g/mol. The van der Waals surface area contributed by atoms with E-state index in [1.165, 1.54) is 16.8 Å². The molecular formula is C18H19FN4O. The lowest BCUT2D eigenvalue weighted by molar-refractivity contribution is 0.0903. The van der Waals surface area contributed by atoms with Crippen LogP contribution in [0.1, 0.15) is 29.8 Å². The first-order valence-electron chi connectivity index (χ1n) is 8.30. The Labute approximate surface area is 139 Å². The number of nitrogens with one attached hydrogen (secondary N) is 1. The van der Waals surface area contributed by atoms with E-state index in [2.05, 4.69) is 10.4 Å². The van der Waals surface area contributed by atoms with Crippen LogP contribution in [0, 0.1) is 18.7 Å². The van der Waals surface area contributed by atoms with Gasteiger partial charge in [-0.3, -0.25) is 4.79 Å². The molecule has 2 aliphatic heterocycles. The maximum absolute atomic E-state index is 13.2. The van der Waals surface area contributed by atoms with E-state index in [4.69, 9.17) is 4.99 Å². The fraction of sp³-hybridized carbons (Fsp3) is 0.389. The lowest BCUT2D eigenvalue weighted by Crippen LogP contribution is -2.34. The SMILES string of the molecule is Cc1nn2c(c1-c1ccc(F)cc1)N=C(C1CCNCC1)CC2=O. The van der Waals surface area contributed by atoms with Gasteiger partial charge in [0.1, 0.15) is 5.82 Å². The van der Waals surface area contributed by atoms with E-state index in [9.17, 15) is 9.18 Å². The van der Waals surface area contributed by atoms with Crippen LogP contribution >= 0.6 is 0 Å². The van der Waals surface area contributed by atoms with Gasteiger partial charge in [-0.05, 0) is 50.6 Å². The van der Waals surface area contributed by atoms with Crippen LogP contribution in [-0.2, 0) is 0 Å². The molecule has 6 heteroatoms. The smallest absolute Gasteiger partial charge is 0.254 e. The number of piperidine rings is 1. The van der Waals surface area contributed by atoms with E-state index in [0.717, 1.165) is 48.5 Å². The number of hydrogen-bond acceptors (Lipinski definition) is 4. The molecule has 5 nitrogen and oxygen atoms in total. The molecule has 1 N–H and O–H groups in total. The summed E-state index contributed by atoms with van der Waals surface area (Å²) in [6.07, 6.45) is 2.35. The van der Waals surface area contributed by atoms with Gasteiger partial charge in [0.2, 0.25) is 0 Å². The van der Waals surface area contributed by atoms with Crippen molar-refractivity contribution in [3.05, 3.63) is 35.8 Å². The minimum atomic E-state index is -0.285. The third-order valence-electron chi connectivity index (χ3n) is 4.80. The quantitative estimate of drug-likeness (QED) is 0.922. The van der Waals surface area contributed by atoms with Crippen molar-refractivity contribution in [2.75, 3.05) is 13.1 Å². The van der Waals surface area contributed by atoms with Gasteiger partial charge in [0, 0.05) is 17.2 Å². The number of nitrogens with zero attached hydrogens (tertiary/aromatic N) is 3. The number of benzene rings is 1. The summed E-state index contributed by atoms with van der Waals surface area (Å²) in [5.41, 5.74) is 3.34. The Morgan fingerprint density at radius 1 is 1.21 bits per heavy atom. The van der Waals surface area contributed by atoms with Crippen molar-refractivity contribution < 1.29 is 9.18 Å². The zero-order chi connectivity index (χ0) is 16.7. The Bertz CT molecular complexity index is 816. The normalized spacial score (nSPS) is 18.4. The van der Waals surface area contributed by atoms with Gasteiger partial charge >= 0.3 is 0 Å². The molecule has 0 bridgehead atoms. The summed E-state index contributed by atoms with van der Waals surface area (Å²) in [6, 6.07) is 6.25. The molecule has 124 valence electrons. The highest BCUT2D eigenvalue weighted by Crippen LogP contribution is 2.37. The minimum Gasteiger partial charge on any atom is -0.317 e. The predicted octanol–water partition coefficient (Wildman–Crippen LogP) is 3.11. The Morgan fingerprint density at radius 3 is 2.62 bits per heavy atom. The zero-order valence-electron chi connectivity index (χ0n) is 13.6. The summed E-state index contributed by atoms with van der Waals surface area (Å²) in [5, 5.41) is 7.70. The number of hydrogen-bond donors (Lipinski definition) is 1. The summed E-state index contributed by atoms with van der Waals surface area (Å²) in [6.45, 7) is 3.78. The van der Waals surface area contributed by atoms with E-state index in [-0.39, 0.29) is 11.7 Å². The summed E-state index contributed by atoms with van der Waals surface area (Å²) in [5.74, 6) is 0.613. The molecule has 2 aliphatic rings. The van der Waals surface area contributed by atoms with E-state index >= 15 is 0 Å². The second-order valence-corrected chi connectivity index (χ2v) is 6.40. The summed E-state index contributed by atoms with van der Waals surface area (Å²) < 4.78 is 14.6. The third-order valence-corrected chi connectivity index (χ3v) is 4.80. The molecule has 0 atom stereocenters. The van der Waals surface area contributed by atoms with Gasteiger partial charge in [0.05, 0.1) is 12.1 Å². The van der Waals surface area contributed by atoms with E-state index in [1.54, 1.807) is 12.1 Å². The molecule has 4 rings (SSSR count). The molecule has 3 heterocycles. The van der Waals surface area contributed by atoms with Crippen molar-refractivity contribution in [3.63, 3.8) is 0 Å². The van der Waals surface area contributed by atoms with Crippen LogP contribution in [0.15, 0.2) is 29.3 Å². The maximum Gasteiger partial charge on any atom is 0.254 e. The van der Waals surface area contributed by atoms with Gasteiger partial charge in [0.15, 0.2) is 5.82 Å². The molecule has 0 amide bonds. The molecule has 0 aliphatic carbocycles. The molecule has 2 aromatic rings. The number of aromatic nitrogens is 2. The molecule has 0 spiro atoms. The number of fused-ring (bicyclic) bond motifs is 1. The van der Waals surface area contributed by atoms with Gasteiger partial charge < -0.3 is 5.32 Å². The van der Waals surface area contributed by atoms with Crippen molar-refractivity contribution >= 4 is 17.4 Å². The van der Waals surface area contributed by atoms with Crippen molar-refractivity contribution in [3.8, 4) is 11.1 Å². The Hall–Kier alpha value is -2.34. The molecule has 1 saturated heterocycles. The van der Waals surface area contributed by atoms with Crippen molar-refractivity contribution in [2.24, 2.45) is 10.9 Å². The van der Waals surface area contributed by atoms with Crippen LogP contribution in [0.3, 0.4) is 0 Å². The molecule has 0 unspecified atom stereocenters. The maximum atomic E-state index is 13.2. The van der Waals surface area contributed by atoms with Gasteiger partial charge in [-0.15, -0.1) is 0 Å². The fourth-order valence-electron chi connectivity index (χ4n) is 3.54. The number of aliphatic imine (C=N–C) groups is 1. The van der Waals surface area contributed by atoms with Gasteiger partial charge in [-0.1, -0.05) is 12.1 Å². The average molecular weight is 326 g/mol. The lowest BCUT2D eigenvalue weighted by atomic mass is 9.90. The van der Waals surface area contributed by atoms with Crippen molar-refractivity contribution in [1.29, 1.82) is 0 Å².